The highest BCUT2D eigenvalue weighted by molar-refractivity contribution is 7.89. The lowest BCUT2D eigenvalue weighted by molar-refractivity contribution is -0.116. The molecule has 1 aromatic heterocycles. The lowest BCUT2D eigenvalue weighted by Crippen LogP contribution is -2.18. The highest BCUT2D eigenvalue weighted by Crippen LogP contribution is 2.26. The average Bonchev–Trinajstić information content (AvgIpc) is 3.14. The average molecular weight is 413 g/mol. The van der Waals surface area contributed by atoms with Gasteiger partial charge in [-0.1, -0.05) is 18.2 Å². The Hall–Kier alpha value is -2.97. The van der Waals surface area contributed by atoms with Crippen LogP contribution in [-0.2, 0) is 21.2 Å². The summed E-state index contributed by atoms with van der Waals surface area (Å²) in [6, 6.07) is 12.1. The molecule has 152 valence electrons. The van der Waals surface area contributed by atoms with Gasteiger partial charge >= 0.3 is 0 Å². The quantitative estimate of drug-likeness (QED) is 0.618. The maximum Gasteiger partial charge on any atom is 0.240 e. The van der Waals surface area contributed by atoms with Gasteiger partial charge in [-0.05, 0) is 62.7 Å². The molecule has 3 rings (SSSR count). The molecule has 1 heterocycles. The summed E-state index contributed by atoms with van der Waals surface area (Å²) < 4.78 is 31.2. The smallest absolute Gasteiger partial charge is 0.240 e. The summed E-state index contributed by atoms with van der Waals surface area (Å²) in [4.78, 5) is 16.9. The van der Waals surface area contributed by atoms with Gasteiger partial charge < -0.3 is 9.73 Å². The summed E-state index contributed by atoms with van der Waals surface area (Å²) in [5.74, 6) is 0.392. The van der Waals surface area contributed by atoms with Crippen LogP contribution < -0.4 is 10.0 Å². The van der Waals surface area contributed by atoms with Gasteiger partial charge in [0.05, 0.1) is 10.6 Å². The third-order valence-electron chi connectivity index (χ3n) is 4.51. The minimum atomic E-state index is -3.46. The number of rotatable bonds is 7. The van der Waals surface area contributed by atoms with Crippen LogP contribution in [0.25, 0.3) is 11.5 Å². The lowest BCUT2D eigenvalue weighted by atomic mass is 10.1. The molecule has 0 saturated heterocycles. The van der Waals surface area contributed by atoms with E-state index in [0.717, 1.165) is 22.4 Å². The molecule has 2 aromatic carbocycles. The Bertz CT molecular complexity index is 1120. The van der Waals surface area contributed by atoms with Crippen LogP contribution in [-0.4, -0.2) is 26.4 Å². The van der Waals surface area contributed by atoms with Crippen molar-refractivity contribution in [1.29, 1.82) is 0 Å². The Morgan fingerprint density at radius 1 is 1.10 bits per heavy atom. The first-order valence-corrected chi connectivity index (χ1v) is 10.6. The van der Waals surface area contributed by atoms with Crippen molar-refractivity contribution in [2.75, 3.05) is 12.4 Å². The molecule has 29 heavy (non-hydrogen) atoms. The van der Waals surface area contributed by atoms with E-state index >= 15 is 0 Å². The second kappa shape index (κ2) is 8.59. The summed E-state index contributed by atoms with van der Waals surface area (Å²) in [6.45, 7) is 3.81. The first-order valence-electron chi connectivity index (χ1n) is 9.14. The second-order valence-electron chi connectivity index (χ2n) is 6.72. The fourth-order valence-corrected chi connectivity index (χ4v) is 3.57. The highest BCUT2D eigenvalue weighted by Gasteiger charge is 2.12. The van der Waals surface area contributed by atoms with Gasteiger partial charge in [0.1, 0.15) is 6.26 Å². The second-order valence-corrected chi connectivity index (χ2v) is 8.61. The number of carbonyl (C=O) groups is 1. The van der Waals surface area contributed by atoms with Crippen LogP contribution in [0.3, 0.4) is 0 Å². The Morgan fingerprint density at radius 3 is 2.45 bits per heavy atom. The standard InChI is InChI=1S/C21H23N3O4S/c1-14-4-8-17(12-19(14)21-23-15(2)13-28-21)24-20(25)11-7-16-5-9-18(10-6-16)29(26,27)22-3/h4-6,8-10,12-13,22H,7,11H2,1-3H3,(H,24,25). The fraction of sp³-hybridized carbons (Fsp3) is 0.238. The van der Waals surface area contributed by atoms with Gasteiger partial charge in [0.15, 0.2) is 0 Å². The maximum absolute atomic E-state index is 12.3. The number of amides is 1. The lowest BCUT2D eigenvalue weighted by Gasteiger charge is -2.09. The molecule has 0 aliphatic heterocycles. The predicted molar refractivity (Wildman–Crippen MR) is 111 cm³/mol. The molecule has 0 aliphatic rings. The minimum absolute atomic E-state index is 0.129. The van der Waals surface area contributed by atoms with E-state index in [0.29, 0.717) is 18.0 Å². The van der Waals surface area contributed by atoms with Gasteiger partial charge in [-0.3, -0.25) is 4.79 Å². The molecule has 0 unspecified atom stereocenters. The zero-order valence-corrected chi connectivity index (χ0v) is 17.3. The highest BCUT2D eigenvalue weighted by atomic mass is 32.2. The number of benzene rings is 2. The van der Waals surface area contributed by atoms with Crippen molar-refractivity contribution in [3.05, 3.63) is 65.5 Å². The summed E-state index contributed by atoms with van der Waals surface area (Å²) in [7, 11) is -2.09. The van der Waals surface area contributed by atoms with Crippen LogP contribution >= 0.6 is 0 Å². The third-order valence-corrected chi connectivity index (χ3v) is 5.94. The Morgan fingerprint density at radius 2 is 1.83 bits per heavy atom. The number of aryl methyl sites for hydroxylation is 3. The van der Waals surface area contributed by atoms with Crippen molar-refractivity contribution in [3.63, 3.8) is 0 Å². The van der Waals surface area contributed by atoms with E-state index in [1.807, 2.05) is 32.0 Å². The van der Waals surface area contributed by atoms with E-state index in [2.05, 4.69) is 15.0 Å². The number of sulfonamides is 1. The first-order chi connectivity index (χ1) is 13.8. The molecule has 0 radical (unpaired) electrons. The normalized spacial score (nSPS) is 11.4. The van der Waals surface area contributed by atoms with Gasteiger partial charge in [-0.15, -0.1) is 0 Å². The molecular weight excluding hydrogens is 390 g/mol. The minimum Gasteiger partial charge on any atom is -0.444 e. The molecule has 3 aromatic rings. The Labute approximate surface area is 170 Å². The molecule has 0 atom stereocenters. The van der Waals surface area contributed by atoms with E-state index in [1.54, 1.807) is 18.4 Å². The summed E-state index contributed by atoms with van der Waals surface area (Å²) in [6.07, 6.45) is 2.37. The van der Waals surface area contributed by atoms with Crippen LogP contribution in [0.4, 0.5) is 5.69 Å². The molecule has 8 heteroatoms. The third kappa shape index (κ3) is 5.10. The number of hydrogen-bond acceptors (Lipinski definition) is 5. The summed E-state index contributed by atoms with van der Waals surface area (Å²) >= 11 is 0. The zero-order valence-electron chi connectivity index (χ0n) is 16.5. The Kier molecular flexibility index (Phi) is 6.14. The number of anilines is 1. The number of nitrogens with one attached hydrogen (secondary N) is 2. The van der Waals surface area contributed by atoms with E-state index in [-0.39, 0.29) is 17.2 Å². The van der Waals surface area contributed by atoms with E-state index in [4.69, 9.17) is 4.42 Å². The van der Waals surface area contributed by atoms with Crippen molar-refractivity contribution in [2.45, 2.75) is 31.6 Å². The van der Waals surface area contributed by atoms with Crippen molar-refractivity contribution < 1.29 is 17.6 Å². The van der Waals surface area contributed by atoms with Crippen molar-refractivity contribution in [2.24, 2.45) is 0 Å². The fourth-order valence-electron chi connectivity index (χ4n) is 2.84. The molecular formula is C21H23N3O4S. The van der Waals surface area contributed by atoms with Gasteiger partial charge in [0, 0.05) is 17.7 Å². The molecule has 0 saturated carbocycles. The van der Waals surface area contributed by atoms with Crippen LogP contribution in [0.2, 0.25) is 0 Å². The molecule has 0 spiro atoms. The zero-order chi connectivity index (χ0) is 21.0. The van der Waals surface area contributed by atoms with Crippen molar-refractivity contribution >= 4 is 21.6 Å². The van der Waals surface area contributed by atoms with Gasteiger partial charge in [0.2, 0.25) is 21.8 Å². The molecule has 0 aliphatic carbocycles. The molecule has 0 fully saturated rings. The first kappa shape index (κ1) is 20.8. The number of hydrogen-bond donors (Lipinski definition) is 2. The van der Waals surface area contributed by atoms with E-state index in [9.17, 15) is 13.2 Å². The molecule has 1 amide bonds. The molecule has 7 nitrogen and oxygen atoms in total. The van der Waals surface area contributed by atoms with E-state index < -0.39 is 10.0 Å². The monoisotopic (exact) mass is 413 g/mol. The van der Waals surface area contributed by atoms with Crippen LogP contribution in [0, 0.1) is 13.8 Å². The van der Waals surface area contributed by atoms with Gasteiger partial charge in [0.25, 0.3) is 0 Å². The van der Waals surface area contributed by atoms with Gasteiger partial charge in [-0.25, -0.2) is 18.1 Å². The Balaban J connectivity index is 1.63. The number of oxazole rings is 1. The predicted octanol–water partition coefficient (Wildman–Crippen LogP) is 3.44. The van der Waals surface area contributed by atoms with Crippen molar-refractivity contribution in [3.8, 4) is 11.5 Å². The largest absolute Gasteiger partial charge is 0.444 e. The number of carbonyl (C=O) groups excluding carboxylic acids is 1. The van der Waals surface area contributed by atoms with Crippen molar-refractivity contribution in [1.82, 2.24) is 9.71 Å². The number of nitrogens with zero attached hydrogens (tertiary/aromatic N) is 1. The topological polar surface area (TPSA) is 101 Å². The SMILES string of the molecule is CNS(=O)(=O)c1ccc(CCC(=O)Nc2ccc(C)c(-c3nc(C)co3)c2)cc1. The maximum atomic E-state index is 12.3. The number of aromatic nitrogens is 1. The summed E-state index contributed by atoms with van der Waals surface area (Å²) in [5, 5.41) is 2.89. The van der Waals surface area contributed by atoms with E-state index in [1.165, 1.54) is 19.2 Å². The van der Waals surface area contributed by atoms with Crippen LogP contribution in [0.15, 0.2) is 58.0 Å². The van der Waals surface area contributed by atoms with Crippen LogP contribution in [0.1, 0.15) is 23.2 Å². The van der Waals surface area contributed by atoms with Crippen LogP contribution in [0.5, 0.6) is 0 Å². The molecule has 0 bridgehead atoms. The molecule has 2 N–H and O–H groups in total. The van der Waals surface area contributed by atoms with Gasteiger partial charge in [-0.2, -0.15) is 0 Å². The summed E-state index contributed by atoms with van der Waals surface area (Å²) in [5.41, 5.74) is 4.18.